The number of rotatable bonds is 3. The molecule has 0 aromatic heterocycles. The molecule has 3 atom stereocenters. The number of hydrogen-bond donors (Lipinski definition) is 3. The summed E-state index contributed by atoms with van der Waals surface area (Å²) in [6.45, 7) is 0. The number of nitrogens with two attached hydrogens (primary N) is 1. The predicted octanol–water partition coefficient (Wildman–Crippen LogP) is 1.41. The third-order valence-electron chi connectivity index (χ3n) is 4.84. The molecule has 0 spiro atoms. The molecule has 1 heterocycles. The molecule has 0 unspecified atom stereocenters. The topological polar surface area (TPSA) is 74.8 Å². The molecule has 0 bridgehead atoms. The van der Waals surface area contributed by atoms with Crippen LogP contribution in [0, 0.1) is 0 Å². The van der Waals surface area contributed by atoms with Crippen LogP contribution in [0.1, 0.15) is 37.7 Å². The number of quaternary nitrogens is 1. The van der Waals surface area contributed by atoms with Crippen molar-refractivity contribution in [3.63, 3.8) is 0 Å². The van der Waals surface area contributed by atoms with E-state index in [2.05, 4.69) is 10.6 Å². The highest BCUT2D eigenvalue weighted by Gasteiger charge is 2.40. The van der Waals surface area contributed by atoms with Gasteiger partial charge in [-0.25, -0.2) is 0 Å². The maximum Gasteiger partial charge on any atom is 0.416 e. The van der Waals surface area contributed by atoms with Gasteiger partial charge in [-0.2, -0.15) is 13.2 Å². The summed E-state index contributed by atoms with van der Waals surface area (Å²) in [7, 11) is 0. The van der Waals surface area contributed by atoms with Gasteiger partial charge in [0.25, 0.3) is 5.91 Å². The highest BCUT2D eigenvalue weighted by molar-refractivity contribution is 5.95. The van der Waals surface area contributed by atoms with Gasteiger partial charge in [0.05, 0.1) is 18.0 Å². The second kappa shape index (κ2) is 7.03. The van der Waals surface area contributed by atoms with E-state index in [0.29, 0.717) is 0 Å². The molecule has 0 radical (unpaired) electrons. The Morgan fingerprint density at radius 2 is 2.04 bits per heavy atom. The van der Waals surface area contributed by atoms with Gasteiger partial charge in [-0.1, -0.05) is 12.5 Å². The SMILES string of the molecule is O=C(C[C@@H]1[NH2+][C@H]2CCCC[C@H]2NC1=O)Nc1cccc(C(F)(F)F)c1. The van der Waals surface area contributed by atoms with E-state index in [1.54, 1.807) is 0 Å². The van der Waals surface area contributed by atoms with E-state index in [4.69, 9.17) is 0 Å². The molecular formula is C17H21F3N3O2+. The van der Waals surface area contributed by atoms with Crippen molar-refractivity contribution in [3.8, 4) is 0 Å². The van der Waals surface area contributed by atoms with Gasteiger partial charge in [-0.3, -0.25) is 9.59 Å². The molecule has 1 aliphatic heterocycles. The van der Waals surface area contributed by atoms with Gasteiger partial charge >= 0.3 is 6.18 Å². The van der Waals surface area contributed by atoms with Crippen molar-refractivity contribution in [1.29, 1.82) is 0 Å². The lowest BCUT2D eigenvalue weighted by molar-refractivity contribution is -0.718. The zero-order valence-electron chi connectivity index (χ0n) is 13.6. The summed E-state index contributed by atoms with van der Waals surface area (Å²) in [6.07, 6.45) is -0.376. The maximum absolute atomic E-state index is 12.7. The zero-order chi connectivity index (χ0) is 18.0. The predicted molar refractivity (Wildman–Crippen MR) is 84.6 cm³/mol. The number of amides is 2. The summed E-state index contributed by atoms with van der Waals surface area (Å²) in [5, 5.41) is 7.36. The molecule has 1 aromatic carbocycles. The van der Waals surface area contributed by atoms with E-state index in [1.165, 1.54) is 12.1 Å². The Hall–Kier alpha value is -2.09. The fourth-order valence-electron chi connectivity index (χ4n) is 3.59. The smallest absolute Gasteiger partial charge is 0.342 e. The number of alkyl halides is 3. The Kier molecular flexibility index (Phi) is 4.99. The first-order valence-corrected chi connectivity index (χ1v) is 8.45. The zero-order valence-corrected chi connectivity index (χ0v) is 13.6. The summed E-state index contributed by atoms with van der Waals surface area (Å²) in [5.41, 5.74) is -0.746. The molecule has 1 saturated carbocycles. The Labute approximate surface area is 143 Å². The van der Waals surface area contributed by atoms with Gasteiger partial charge in [0.1, 0.15) is 6.04 Å². The molecule has 2 aliphatic rings. The first-order valence-electron chi connectivity index (χ1n) is 8.45. The van der Waals surface area contributed by atoms with Crippen LogP contribution in [0.15, 0.2) is 24.3 Å². The average molecular weight is 356 g/mol. The second-order valence-electron chi connectivity index (χ2n) is 6.69. The molecule has 1 aliphatic carbocycles. The number of nitrogens with one attached hydrogen (secondary N) is 2. The Morgan fingerprint density at radius 1 is 1.28 bits per heavy atom. The molecule has 3 rings (SSSR count). The van der Waals surface area contributed by atoms with Gasteiger partial charge in [-0.05, 0) is 31.0 Å². The lowest BCUT2D eigenvalue weighted by atomic mass is 9.87. The molecule has 4 N–H and O–H groups in total. The van der Waals surface area contributed by atoms with E-state index < -0.39 is 23.7 Å². The fourth-order valence-corrected chi connectivity index (χ4v) is 3.59. The normalized spacial score (nSPS) is 26.5. The summed E-state index contributed by atoms with van der Waals surface area (Å²) in [5.74, 6) is -0.646. The minimum absolute atomic E-state index is 0.0642. The molecule has 1 saturated heterocycles. The highest BCUT2D eigenvalue weighted by atomic mass is 19.4. The van der Waals surface area contributed by atoms with Crippen LogP contribution < -0.4 is 16.0 Å². The van der Waals surface area contributed by atoms with Crippen molar-refractivity contribution in [2.75, 3.05) is 5.32 Å². The van der Waals surface area contributed by atoms with Crippen LogP contribution in [0.3, 0.4) is 0 Å². The highest BCUT2D eigenvalue weighted by Crippen LogP contribution is 2.30. The summed E-state index contributed by atoms with van der Waals surface area (Å²) < 4.78 is 38.1. The Bertz CT molecular complexity index is 663. The van der Waals surface area contributed by atoms with Crippen LogP contribution in [-0.4, -0.2) is 29.9 Å². The Morgan fingerprint density at radius 3 is 2.80 bits per heavy atom. The number of benzene rings is 1. The largest absolute Gasteiger partial charge is 0.416 e. The minimum atomic E-state index is -4.46. The van der Waals surface area contributed by atoms with Gasteiger partial charge in [0.2, 0.25) is 5.91 Å². The number of halogens is 3. The van der Waals surface area contributed by atoms with Crippen molar-refractivity contribution in [3.05, 3.63) is 29.8 Å². The van der Waals surface area contributed by atoms with E-state index in [-0.39, 0.29) is 30.1 Å². The Balaban J connectivity index is 1.60. The number of piperazine rings is 1. The van der Waals surface area contributed by atoms with Crippen molar-refractivity contribution in [1.82, 2.24) is 5.32 Å². The van der Waals surface area contributed by atoms with Gasteiger partial charge in [-0.15, -0.1) is 0 Å². The molecule has 2 amide bonds. The van der Waals surface area contributed by atoms with Crippen molar-refractivity contribution < 1.29 is 28.1 Å². The summed E-state index contributed by atoms with van der Waals surface area (Å²) in [6, 6.07) is 4.37. The monoisotopic (exact) mass is 356 g/mol. The van der Waals surface area contributed by atoms with Crippen LogP contribution in [-0.2, 0) is 15.8 Å². The molecule has 5 nitrogen and oxygen atoms in total. The van der Waals surface area contributed by atoms with Crippen LogP contribution in [0.5, 0.6) is 0 Å². The van der Waals surface area contributed by atoms with Gasteiger partial charge < -0.3 is 16.0 Å². The number of anilines is 1. The van der Waals surface area contributed by atoms with E-state index in [1.807, 2.05) is 5.32 Å². The number of fused-ring (bicyclic) bond motifs is 1. The van der Waals surface area contributed by atoms with Crippen molar-refractivity contribution in [2.24, 2.45) is 0 Å². The first kappa shape index (κ1) is 17.7. The van der Waals surface area contributed by atoms with Crippen LogP contribution in [0.25, 0.3) is 0 Å². The summed E-state index contributed by atoms with van der Waals surface area (Å²) in [4.78, 5) is 24.3. The number of carbonyl (C=O) groups excluding carboxylic acids is 2. The van der Waals surface area contributed by atoms with Crippen molar-refractivity contribution in [2.45, 2.75) is 56.4 Å². The maximum atomic E-state index is 12.7. The average Bonchev–Trinajstić information content (AvgIpc) is 2.55. The fraction of sp³-hybridized carbons (Fsp3) is 0.529. The molecule has 25 heavy (non-hydrogen) atoms. The van der Waals surface area contributed by atoms with Gasteiger partial charge in [0, 0.05) is 12.1 Å². The number of carbonyl (C=O) groups is 2. The number of hydrogen-bond acceptors (Lipinski definition) is 2. The molecule has 2 fully saturated rings. The molecule has 136 valence electrons. The third-order valence-corrected chi connectivity index (χ3v) is 4.84. The minimum Gasteiger partial charge on any atom is -0.342 e. The standard InChI is InChI=1S/C17H20F3N3O2/c18-17(19,20)10-4-3-5-11(8-10)21-15(24)9-14-16(25)23-13-7-2-1-6-12(13)22-14/h3-5,8,12-14,22H,1-2,6-7,9H2,(H,21,24)(H,23,25)/p+1/t12-,13+,14-/m0/s1. The van der Waals surface area contributed by atoms with E-state index in [0.717, 1.165) is 37.8 Å². The lowest BCUT2D eigenvalue weighted by Crippen LogP contribution is -3.03. The van der Waals surface area contributed by atoms with Gasteiger partial charge in [0.15, 0.2) is 6.04 Å². The summed E-state index contributed by atoms with van der Waals surface area (Å²) >= 11 is 0. The lowest BCUT2D eigenvalue weighted by Gasteiger charge is -2.37. The van der Waals surface area contributed by atoms with E-state index in [9.17, 15) is 22.8 Å². The third kappa shape index (κ3) is 4.31. The molecular weight excluding hydrogens is 335 g/mol. The van der Waals surface area contributed by atoms with Crippen LogP contribution in [0.4, 0.5) is 18.9 Å². The quantitative estimate of drug-likeness (QED) is 0.766. The van der Waals surface area contributed by atoms with Crippen molar-refractivity contribution >= 4 is 17.5 Å². The first-order chi connectivity index (χ1) is 11.8. The molecule has 8 heteroatoms. The molecule has 1 aromatic rings. The van der Waals surface area contributed by atoms with Crippen LogP contribution >= 0.6 is 0 Å². The van der Waals surface area contributed by atoms with E-state index >= 15 is 0 Å². The van der Waals surface area contributed by atoms with Crippen LogP contribution in [0.2, 0.25) is 0 Å². The second-order valence-corrected chi connectivity index (χ2v) is 6.69.